The van der Waals surface area contributed by atoms with Gasteiger partial charge in [0.1, 0.15) is 11.3 Å². The monoisotopic (exact) mass is 396 g/mol. The molecule has 4 rings (SSSR count). The fourth-order valence-electron chi connectivity index (χ4n) is 2.98. The molecule has 0 radical (unpaired) electrons. The molecule has 0 unspecified atom stereocenters. The van der Waals surface area contributed by atoms with Crippen LogP contribution in [0.15, 0.2) is 42.9 Å². The number of rotatable bonds is 4. The highest BCUT2D eigenvalue weighted by molar-refractivity contribution is 6.31. The van der Waals surface area contributed by atoms with E-state index in [1.165, 1.54) is 24.4 Å². The zero-order valence-corrected chi connectivity index (χ0v) is 16.0. The van der Waals surface area contributed by atoms with Crippen molar-refractivity contribution in [3.05, 3.63) is 59.1 Å². The van der Waals surface area contributed by atoms with Crippen LogP contribution in [0.3, 0.4) is 0 Å². The van der Waals surface area contributed by atoms with Gasteiger partial charge in [-0.15, -0.1) is 0 Å². The molecule has 3 aromatic heterocycles. The van der Waals surface area contributed by atoms with Crippen molar-refractivity contribution in [2.45, 2.75) is 20.4 Å². The first-order chi connectivity index (χ1) is 13.5. The van der Waals surface area contributed by atoms with Gasteiger partial charge in [0.05, 0.1) is 23.3 Å². The third-order valence-electron chi connectivity index (χ3n) is 4.40. The van der Waals surface area contributed by atoms with Crippen LogP contribution in [0.5, 0.6) is 5.75 Å². The van der Waals surface area contributed by atoms with Crippen molar-refractivity contribution in [3.8, 4) is 17.0 Å². The standard InChI is InChI=1S/C19H17ClN6O2/c1-3-25-10-14(11(2)24-25)16-6-7-21-18-13(9-22-26(16)18)19(28)23-15-8-12(20)4-5-17(15)27/h4-10,27H,3H2,1-2H3,(H,23,28). The van der Waals surface area contributed by atoms with E-state index in [4.69, 9.17) is 11.6 Å². The summed E-state index contributed by atoms with van der Waals surface area (Å²) < 4.78 is 3.45. The summed E-state index contributed by atoms with van der Waals surface area (Å²) >= 11 is 5.94. The number of hydrogen-bond acceptors (Lipinski definition) is 5. The van der Waals surface area contributed by atoms with Crippen LogP contribution < -0.4 is 5.32 Å². The zero-order valence-electron chi connectivity index (χ0n) is 15.2. The Morgan fingerprint density at radius 2 is 2.14 bits per heavy atom. The van der Waals surface area contributed by atoms with Gasteiger partial charge in [0, 0.05) is 29.5 Å². The van der Waals surface area contributed by atoms with Gasteiger partial charge in [0.2, 0.25) is 0 Å². The smallest absolute Gasteiger partial charge is 0.261 e. The van der Waals surface area contributed by atoms with Gasteiger partial charge in [-0.3, -0.25) is 9.48 Å². The molecule has 0 spiro atoms. The van der Waals surface area contributed by atoms with Crippen molar-refractivity contribution < 1.29 is 9.90 Å². The summed E-state index contributed by atoms with van der Waals surface area (Å²) in [7, 11) is 0. The Labute approximate surface area is 165 Å². The Morgan fingerprint density at radius 1 is 1.32 bits per heavy atom. The van der Waals surface area contributed by atoms with Crippen molar-refractivity contribution in [2.75, 3.05) is 5.32 Å². The number of aromatic nitrogens is 5. The Morgan fingerprint density at radius 3 is 2.89 bits per heavy atom. The number of amides is 1. The van der Waals surface area contributed by atoms with E-state index in [0.717, 1.165) is 23.5 Å². The van der Waals surface area contributed by atoms with Crippen molar-refractivity contribution in [1.29, 1.82) is 0 Å². The molecule has 4 aromatic rings. The summed E-state index contributed by atoms with van der Waals surface area (Å²) in [6.45, 7) is 4.69. The molecule has 9 heteroatoms. The lowest BCUT2D eigenvalue weighted by molar-refractivity contribution is 0.102. The van der Waals surface area contributed by atoms with Gasteiger partial charge in [-0.1, -0.05) is 11.6 Å². The number of carbonyl (C=O) groups excluding carboxylic acids is 1. The fourth-order valence-corrected chi connectivity index (χ4v) is 3.16. The van der Waals surface area contributed by atoms with Crippen LogP contribution in [0.4, 0.5) is 5.69 Å². The second kappa shape index (κ2) is 6.97. The first-order valence-corrected chi connectivity index (χ1v) is 9.02. The van der Waals surface area contributed by atoms with Crippen LogP contribution >= 0.6 is 11.6 Å². The van der Waals surface area contributed by atoms with Crippen LogP contribution in [-0.2, 0) is 6.54 Å². The van der Waals surface area contributed by atoms with E-state index in [1.807, 2.05) is 30.8 Å². The number of phenolic OH excluding ortho intramolecular Hbond substituents is 1. The number of fused-ring (bicyclic) bond motifs is 1. The third kappa shape index (κ3) is 3.07. The number of anilines is 1. The van der Waals surface area contributed by atoms with E-state index in [9.17, 15) is 9.90 Å². The number of halogens is 1. The largest absolute Gasteiger partial charge is 0.506 e. The molecule has 0 aliphatic heterocycles. The maximum Gasteiger partial charge on any atom is 0.261 e. The fraction of sp³-hybridized carbons (Fsp3) is 0.158. The van der Waals surface area contributed by atoms with E-state index >= 15 is 0 Å². The molecule has 0 aliphatic carbocycles. The van der Waals surface area contributed by atoms with Gasteiger partial charge in [-0.05, 0) is 38.1 Å². The molecule has 0 saturated carbocycles. The highest BCUT2D eigenvalue weighted by atomic mass is 35.5. The molecule has 0 atom stereocenters. The molecule has 0 saturated heterocycles. The second-order valence-corrected chi connectivity index (χ2v) is 6.66. The van der Waals surface area contributed by atoms with Crippen molar-refractivity contribution >= 4 is 28.8 Å². The lowest BCUT2D eigenvalue weighted by Gasteiger charge is -2.07. The predicted molar refractivity (Wildman–Crippen MR) is 106 cm³/mol. The molecule has 0 aliphatic rings. The van der Waals surface area contributed by atoms with E-state index in [-0.39, 0.29) is 17.0 Å². The molecule has 142 valence electrons. The van der Waals surface area contributed by atoms with Crippen LogP contribution in [0.1, 0.15) is 23.0 Å². The van der Waals surface area contributed by atoms with Gasteiger partial charge in [0.25, 0.3) is 5.91 Å². The lowest BCUT2D eigenvalue weighted by atomic mass is 10.2. The number of nitrogens with zero attached hydrogens (tertiary/aromatic N) is 5. The van der Waals surface area contributed by atoms with Crippen molar-refractivity contribution in [2.24, 2.45) is 0 Å². The van der Waals surface area contributed by atoms with Gasteiger partial charge in [-0.25, -0.2) is 9.50 Å². The summed E-state index contributed by atoms with van der Waals surface area (Å²) in [5.74, 6) is -0.524. The topological polar surface area (TPSA) is 97.3 Å². The Hall–Kier alpha value is -3.39. The highest BCUT2D eigenvalue weighted by Gasteiger charge is 2.19. The van der Waals surface area contributed by atoms with Crippen LogP contribution in [0.25, 0.3) is 16.9 Å². The summed E-state index contributed by atoms with van der Waals surface area (Å²) in [6.07, 6.45) is 5.01. The maximum absolute atomic E-state index is 12.7. The number of aryl methyl sites for hydroxylation is 2. The number of hydrogen-bond donors (Lipinski definition) is 2. The first-order valence-electron chi connectivity index (χ1n) is 8.65. The minimum atomic E-state index is -0.446. The SMILES string of the molecule is CCn1cc(-c2ccnc3c(C(=O)Nc4cc(Cl)ccc4O)cnn23)c(C)n1. The van der Waals surface area contributed by atoms with Crippen LogP contribution in [0, 0.1) is 6.92 Å². The summed E-state index contributed by atoms with van der Waals surface area (Å²) in [5, 5.41) is 21.8. The summed E-state index contributed by atoms with van der Waals surface area (Å²) in [4.78, 5) is 17.1. The average Bonchev–Trinajstić information content (AvgIpc) is 3.28. The number of carbonyl (C=O) groups is 1. The minimum absolute atomic E-state index is 0.0783. The van der Waals surface area contributed by atoms with Gasteiger partial charge < -0.3 is 10.4 Å². The Kier molecular flexibility index (Phi) is 4.48. The average molecular weight is 397 g/mol. The van der Waals surface area contributed by atoms with E-state index in [0.29, 0.717) is 10.7 Å². The van der Waals surface area contributed by atoms with Gasteiger partial charge in [0.15, 0.2) is 5.65 Å². The molecule has 8 nitrogen and oxygen atoms in total. The highest BCUT2D eigenvalue weighted by Crippen LogP contribution is 2.28. The van der Waals surface area contributed by atoms with Crippen molar-refractivity contribution in [3.63, 3.8) is 0 Å². The minimum Gasteiger partial charge on any atom is -0.506 e. The first kappa shape index (κ1) is 18.0. The molecule has 28 heavy (non-hydrogen) atoms. The molecule has 0 bridgehead atoms. The number of aromatic hydroxyl groups is 1. The molecular weight excluding hydrogens is 380 g/mol. The van der Waals surface area contributed by atoms with Gasteiger partial charge >= 0.3 is 0 Å². The summed E-state index contributed by atoms with van der Waals surface area (Å²) in [5.41, 5.74) is 3.46. The normalized spacial score (nSPS) is 11.1. The Bertz CT molecular complexity index is 1200. The number of nitrogens with one attached hydrogen (secondary N) is 1. The molecule has 0 fully saturated rings. The van der Waals surface area contributed by atoms with E-state index in [2.05, 4.69) is 20.5 Å². The molecule has 1 aromatic carbocycles. The lowest BCUT2D eigenvalue weighted by Crippen LogP contribution is -2.12. The predicted octanol–water partition coefficient (Wildman–Crippen LogP) is 3.53. The van der Waals surface area contributed by atoms with Crippen molar-refractivity contribution in [1.82, 2.24) is 24.4 Å². The van der Waals surface area contributed by atoms with E-state index < -0.39 is 5.91 Å². The molecule has 1 amide bonds. The maximum atomic E-state index is 12.7. The molecule has 2 N–H and O–H groups in total. The van der Waals surface area contributed by atoms with Gasteiger partial charge in [-0.2, -0.15) is 10.2 Å². The van der Waals surface area contributed by atoms with Crippen LogP contribution in [-0.4, -0.2) is 35.4 Å². The Balaban J connectivity index is 1.74. The zero-order chi connectivity index (χ0) is 19.8. The third-order valence-corrected chi connectivity index (χ3v) is 4.63. The second-order valence-electron chi connectivity index (χ2n) is 6.22. The number of phenols is 1. The number of benzene rings is 1. The molecular formula is C19H17ClN6O2. The van der Waals surface area contributed by atoms with E-state index in [1.54, 1.807) is 10.7 Å². The van der Waals surface area contributed by atoms with Crippen LogP contribution in [0.2, 0.25) is 5.02 Å². The quantitative estimate of drug-likeness (QED) is 0.514. The summed E-state index contributed by atoms with van der Waals surface area (Å²) in [6, 6.07) is 6.25. The molecule has 3 heterocycles.